The summed E-state index contributed by atoms with van der Waals surface area (Å²) in [5.74, 6) is 3.14. The molecule has 0 spiro atoms. The third-order valence-corrected chi connectivity index (χ3v) is 4.23. The molecule has 1 aliphatic rings. The molecule has 0 fully saturated rings. The van der Waals surface area contributed by atoms with Crippen LogP contribution in [-0.4, -0.2) is 24.4 Å². The number of hydrogen-bond acceptors (Lipinski definition) is 5. The number of halogens is 1. The highest BCUT2D eigenvalue weighted by molar-refractivity contribution is 9.10. The first-order valence-corrected chi connectivity index (χ1v) is 7.36. The molecule has 4 N–H and O–H groups in total. The molecule has 0 saturated heterocycles. The number of nitrogens with two attached hydrogens (primary N) is 2. The van der Waals surface area contributed by atoms with Gasteiger partial charge in [-0.3, -0.25) is 0 Å². The predicted molar refractivity (Wildman–Crippen MR) is 93.9 cm³/mol. The second-order valence-corrected chi connectivity index (χ2v) is 5.56. The van der Waals surface area contributed by atoms with Gasteiger partial charge in [0, 0.05) is 0 Å². The summed E-state index contributed by atoms with van der Waals surface area (Å²) in [4.78, 5) is 8.27. The van der Waals surface area contributed by atoms with Crippen molar-refractivity contribution in [2.45, 2.75) is 0 Å². The molecule has 3 rings (SSSR count). The zero-order valence-corrected chi connectivity index (χ0v) is 13.5. The van der Waals surface area contributed by atoms with Crippen LogP contribution in [0.5, 0.6) is 5.75 Å². The van der Waals surface area contributed by atoms with E-state index >= 15 is 0 Å². The van der Waals surface area contributed by atoms with E-state index in [1.807, 2.05) is 37.5 Å². The van der Waals surface area contributed by atoms with Crippen LogP contribution in [0.1, 0.15) is 11.3 Å². The highest BCUT2D eigenvalue weighted by Gasteiger charge is 2.17. The number of allylic oxidation sites excluding steroid dienone is 2. The number of benzene rings is 1. The summed E-state index contributed by atoms with van der Waals surface area (Å²) in [5, 5.41) is 0. The summed E-state index contributed by atoms with van der Waals surface area (Å²) in [6.07, 6.45) is 5.39. The van der Waals surface area contributed by atoms with Gasteiger partial charge >= 0.3 is 0 Å². The van der Waals surface area contributed by atoms with Gasteiger partial charge in [0.2, 0.25) is 0 Å². The molecule has 0 aliphatic carbocycles. The second kappa shape index (κ2) is 5.85. The van der Waals surface area contributed by atoms with Gasteiger partial charge in [0.15, 0.2) is 7.28 Å². The van der Waals surface area contributed by atoms with Crippen molar-refractivity contribution in [2.24, 2.45) is 0 Å². The normalized spacial score (nSPS) is 12.9. The molecule has 0 saturated carbocycles. The minimum atomic E-state index is 0.485. The van der Waals surface area contributed by atoms with Crippen LogP contribution in [0.3, 0.4) is 0 Å². The number of fused-ring (bicyclic) bond motifs is 1. The molecule has 2 heterocycles. The van der Waals surface area contributed by atoms with Crippen molar-refractivity contribution in [2.75, 3.05) is 18.6 Å². The van der Waals surface area contributed by atoms with Gasteiger partial charge in [-0.25, -0.2) is 9.97 Å². The Hall–Kier alpha value is -2.28. The lowest BCUT2D eigenvalue weighted by Gasteiger charge is -2.07. The molecule has 0 bridgehead atoms. The summed E-state index contributed by atoms with van der Waals surface area (Å²) in [6.45, 7) is 0. The smallest absolute Gasteiger partial charge is 0.190 e. The largest absolute Gasteiger partial charge is 0.495 e. The third-order valence-electron chi connectivity index (χ3n) is 3.38. The van der Waals surface area contributed by atoms with Crippen molar-refractivity contribution in [3.8, 4) is 5.75 Å². The molecule has 0 unspecified atom stereocenters. The Labute approximate surface area is 137 Å². The fourth-order valence-corrected chi connectivity index (χ4v) is 2.65. The maximum Gasteiger partial charge on any atom is 0.190 e. The quantitative estimate of drug-likeness (QED) is 0.647. The Morgan fingerprint density at radius 3 is 2.82 bits per heavy atom. The average molecular weight is 356 g/mol. The first kappa shape index (κ1) is 14.7. The van der Waals surface area contributed by atoms with Crippen LogP contribution in [0.15, 0.2) is 35.0 Å². The van der Waals surface area contributed by atoms with Crippen molar-refractivity contribution in [3.63, 3.8) is 0 Å². The van der Waals surface area contributed by atoms with Gasteiger partial charge in [0.25, 0.3) is 0 Å². The van der Waals surface area contributed by atoms with Crippen molar-refractivity contribution in [3.05, 3.63) is 46.2 Å². The number of ether oxygens (including phenoxy) is 1. The van der Waals surface area contributed by atoms with Crippen LogP contribution in [0.4, 0.5) is 11.5 Å². The molecule has 7 heteroatoms. The Kier molecular flexibility index (Phi) is 3.89. The van der Waals surface area contributed by atoms with Crippen LogP contribution in [-0.2, 0) is 0 Å². The first-order chi connectivity index (χ1) is 10.6. The van der Waals surface area contributed by atoms with Crippen molar-refractivity contribution in [1.29, 1.82) is 0 Å². The predicted octanol–water partition coefficient (Wildman–Crippen LogP) is 1.81. The summed E-state index contributed by atoms with van der Waals surface area (Å²) in [5.41, 5.74) is 16.0. The van der Waals surface area contributed by atoms with E-state index in [9.17, 15) is 0 Å². The summed E-state index contributed by atoms with van der Waals surface area (Å²) in [6, 6.07) is 3.78. The molecular weight excluding hydrogens is 343 g/mol. The second-order valence-electron chi connectivity index (χ2n) is 4.77. The topological polar surface area (TPSA) is 87.0 Å². The molecule has 1 aromatic heterocycles. The van der Waals surface area contributed by atoms with Gasteiger partial charge in [-0.05, 0) is 44.7 Å². The highest BCUT2D eigenvalue weighted by atomic mass is 79.9. The number of hydrogen-bond donors (Lipinski definition) is 2. The molecule has 1 radical (unpaired) electrons. The third kappa shape index (κ3) is 2.59. The molecule has 0 amide bonds. The van der Waals surface area contributed by atoms with Crippen LogP contribution in [0, 0.1) is 0 Å². The molecule has 5 nitrogen and oxygen atoms in total. The van der Waals surface area contributed by atoms with E-state index in [2.05, 4.69) is 25.9 Å². The fraction of sp³-hybridized carbons (Fsp3) is 0.0667. The van der Waals surface area contributed by atoms with E-state index in [-0.39, 0.29) is 0 Å². The minimum absolute atomic E-state index is 0.485. The molecule has 1 aliphatic heterocycles. The first-order valence-electron chi connectivity index (χ1n) is 6.57. The number of nitrogens with zero attached hydrogens (tertiary/aromatic N) is 2. The van der Waals surface area contributed by atoms with Crippen molar-refractivity contribution in [1.82, 2.24) is 9.97 Å². The fourth-order valence-electron chi connectivity index (χ4n) is 2.26. The van der Waals surface area contributed by atoms with E-state index in [0.717, 1.165) is 26.8 Å². The van der Waals surface area contributed by atoms with E-state index in [0.29, 0.717) is 17.3 Å². The molecular formula is C15H13BBrN4O. The van der Waals surface area contributed by atoms with E-state index in [1.54, 1.807) is 7.11 Å². The van der Waals surface area contributed by atoms with Crippen molar-refractivity contribution >= 4 is 51.8 Å². The summed E-state index contributed by atoms with van der Waals surface area (Å²) >= 11 is 3.40. The summed E-state index contributed by atoms with van der Waals surface area (Å²) in [7, 11) is 3.53. The molecule has 1 aromatic carbocycles. The number of nitrogen functional groups attached to an aromatic ring is 2. The average Bonchev–Trinajstić information content (AvgIpc) is 2.93. The van der Waals surface area contributed by atoms with Crippen LogP contribution < -0.4 is 21.7 Å². The molecule has 2 aromatic rings. The van der Waals surface area contributed by atoms with Gasteiger partial charge in [0.05, 0.1) is 23.0 Å². The number of aromatic nitrogens is 2. The van der Waals surface area contributed by atoms with Crippen LogP contribution in [0.2, 0.25) is 0 Å². The monoisotopic (exact) mass is 355 g/mol. The van der Waals surface area contributed by atoms with Crippen molar-refractivity contribution < 1.29 is 4.74 Å². The Morgan fingerprint density at radius 1 is 1.23 bits per heavy atom. The number of rotatable bonds is 3. The Bertz CT molecular complexity index is 804. The van der Waals surface area contributed by atoms with E-state index in [4.69, 9.17) is 16.2 Å². The molecule has 22 heavy (non-hydrogen) atoms. The zero-order chi connectivity index (χ0) is 15.7. The van der Waals surface area contributed by atoms with Gasteiger partial charge < -0.3 is 16.2 Å². The van der Waals surface area contributed by atoms with Gasteiger partial charge in [-0.15, -0.1) is 5.98 Å². The highest BCUT2D eigenvalue weighted by Crippen LogP contribution is 2.32. The molecule has 109 valence electrons. The van der Waals surface area contributed by atoms with E-state index in [1.165, 1.54) is 6.33 Å². The Balaban J connectivity index is 1.91. The number of methoxy groups -OCH3 is 1. The lowest BCUT2D eigenvalue weighted by atomic mass is 9.74. The molecule has 0 atom stereocenters. The lowest BCUT2D eigenvalue weighted by molar-refractivity contribution is 0.412. The van der Waals surface area contributed by atoms with Crippen LogP contribution in [0.25, 0.3) is 11.6 Å². The minimum Gasteiger partial charge on any atom is -0.495 e. The Morgan fingerprint density at radius 2 is 2.05 bits per heavy atom. The van der Waals surface area contributed by atoms with Gasteiger partial charge in [-0.1, -0.05) is 12.2 Å². The standard InChI is InChI=1S/C15H13BBrN4O/c1-22-11-5-8(4-10(18)13(11)17)2-3-9-6-16-12-14(9)20-7-21-15(12)19/h2-7H,18H2,1H3,(H2,19,20,21)/b3-2+. The zero-order valence-electron chi connectivity index (χ0n) is 11.9. The maximum atomic E-state index is 5.96. The maximum absolute atomic E-state index is 5.96. The number of anilines is 2. The van der Waals surface area contributed by atoms with Gasteiger partial charge in [-0.2, -0.15) is 0 Å². The van der Waals surface area contributed by atoms with Gasteiger partial charge in [0.1, 0.15) is 17.9 Å². The van der Waals surface area contributed by atoms with Crippen LogP contribution >= 0.6 is 15.9 Å². The summed E-state index contributed by atoms with van der Waals surface area (Å²) < 4.78 is 6.05. The SMILES string of the molecule is COc1cc(/C=C/C2=C[B]c3c(N)ncnc32)cc(N)c1Br. The lowest BCUT2D eigenvalue weighted by Crippen LogP contribution is -2.19. The van der Waals surface area contributed by atoms with E-state index < -0.39 is 0 Å².